The van der Waals surface area contributed by atoms with E-state index in [0.29, 0.717) is 29.9 Å². The van der Waals surface area contributed by atoms with Crippen LogP contribution in [0.15, 0.2) is 56.6 Å². The van der Waals surface area contributed by atoms with Gasteiger partial charge in [0.1, 0.15) is 5.75 Å². The number of carbonyl (C=O) groups is 1. The minimum atomic E-state index is -3.65. The summed E-state index contributed by atoms with van der Waals surface area (Å²) in [5.41, 5.74) is 0.946. The fourth-order valence-electron chi connectivity index (χ4n) is 3.62. The number of Topliss-reactive ketones (excluding diaryl/α,β-unsaturated/α-hetero) is 1. The molecule has 1 fully saturated rings. The number of benzene rings is 2. The minimum absolute atomic E-state index is 0.0827. The lowest BCUT2D eigenvalue weighted by Crippen LogP contribution is -2.35. The van der Waals surface area contributed by atoms with E-state index in [1.165, 1.54) is 34.2 Å². The number of hydrogen-bond acceptors (Lipinski definition) is 6. The molecule has 0 aliphatic carbocycles. The smallest absolute Gasteiger partial charge is 0.420 e. The van der Waals surface area contributed by atoms with E-state index in [-0.39, 0.29) is 22.8 Å². The molecule has 0 amide bonds. The Kier molecular flexibility index (Phi) is 5.48. The Morgan fingerprint density at radius 1 is 1.07 bits per heavy atom. The first-order valence-corrected chi connectivity index (χ1v) is 11.1. The molecule has 0 bridgehead atoms. The van der Waals surface area contributed by atoms with Crippen LogP contribution in [0.3, 0.4) is 0 Å². The van der Waals surface area contributed by atoms with Crippen molar-refractivity contribution in [2.75, 3.05) is 20.2 Å². The van der Waals surface area contributed by atoms with E-state index in [4.69, 9.17) is 9.15 Å². The molecule has 158 valence electrons. The molecule has 0 unspecified atom stereocenters. The van der Waals surface area contributed by atoms with E-state index in [9.17, 15) is 18.0 Å². The maximum atomic E-state index is 12.9. The van der Waals surface area contributed by atoms with E-state index >= 15 is 0 Å². The lowest BCUT2D eigenvalue weighted by atomic mass is 10.1. The quantitative estimate of drug-likeness (QED) is 0.558. The van der Waals surface area contributed by atoms with Crippen LogP contribution >= 0.6 is 0 Å². The van der Waals surface area contributed by atoms with Crippen molar-refractivity contribution >= 4 is 26.9 Å². The molecule has 1 aromatic heterocycles. The molecule has 9 heteroatoms. The topological polar surface area (TPSA) is 98.8 Å². The molecule has 4 rings (SSSR count). The largest absolute Gasteiger partial charge is 0.497 e. The Bertz CT molecular complexity index is 1230. The number of methoxy groups -OCH3 is 1. The fraction of sp³-hybridized carbons (Fsp3) is 0.333. The van der Waals surface area contributed by atoms with Crippen LogP contribution in [0.4, 0.5) is 0 Å². The summed E-state index contributed by atoms with van der Waals surface area (Å²) in [5.74, 6) is -0.355. The molecular formula is C21H22N2O6S. The monoisotopic (exact) mass is 430 g/mol. The highest BCUT2D eigenvalue weighted by molar-refractivity contribution is 7.89. The van der Waals surface area contributed by atoms with Crippen molar-refractivity contribution in [3.63, 3.8) is 0 Å². The molecule has 1 aliphatic rings. The van der Waals surface area contributed by atoms with Crippen LogP contribution < -0.4 is 10.5 Å². The van der Waals surface area contributed by atoms with Crippen molar-refractivity contribution in [2.45, 2.75) is 30.7 Å². The van der Waals surface area contributed by atoms with E-state index in [0.717, 1.165) is 19.3 Å². The molecule has 0 radical (unpaired) electrons. The molecule has 3 aromatic rings. The summed E-state index contributed by atoms with van der Waals surface area (Å²) in [6, 6.07) is 10.9. The van der Waals surface area contributed by atoms with Crippen LogP contribution in [-0.4, -0.2) is 43.3 Å². The van der Waals surface area contributed by atoms with Gasteiger partial charge in [0.05, 0.1) is 24.1 Å². The van der Waals surface area contributed by atoms with Gasteiger partial charge in [-0.2, -0.15) is 4.31 Å². The summed E-state index contributed by atoms with van der Waals surface area (Å²) in [7, 11) is -2.11. The summed E-state index contributed by atoms with van der Waals surface area (Å²) in [6.07, 6.45) is 2.69. The highest BCUT2D eigenvalue weighted by atomic mass is 32.2. The maximum Gasteiger partial charge on any atom is 0.420 e. The molecule has 0 saturated carbocycles. The first-order valence-electron chi connectivity index (χ1n) is 9.71. The second-order valence-corrected chi connectivity index (χ2v) is 9.14. The zero-order valence-corrected chi connectivity index (χ0v) is 17.4. The van der Waals surface area contributed by atoms with Crippen molar-refractivity contribution in [1.29, 1.82) is 0 Å². The van der Waals surface area contributed by atoms with Gasteiger partial charge in [-0.3, -0.25) is 9.36 Å². The Balaban J connectivity index is 1.63. The third kappa shape index (κ3) is 3.78. The average Bonchev–Trinajstić information content (AvgIpc) is 3.08. The van der Waals surface area contributed by atoms with Gasteiger partial charge < -0.3 is 9.15 Å². The third-order valence-electron chi connectivity index (χ3n) is 5.31. The highest BCUT2D eigenvalue weighted by Crippen LogP contribution is 2.24. The van der Waals surface area contributed by atoms with Gasteiger partial charge in [-0.25, -0.2) is 13.2 Å². The van der Waals surface area contributed by atoms with Crippen LogP contribution in [0.2, 0.25) is 0 Å². The summed E-state index contributed by atoms with van der Waals surface area (Å²) < 4.78 is 38.7. The Morgan fingerprint density at radius 2 is 1.77 bits per heavy atom. The Hall–Kier alpha value is -2.91. The van der Waals surface area contributed by atoms with Crippen molar-refractivity contribution in [3.05, 3.63) is 58.6 Å². The number of piperidine rings is 1. The highest BCUT2D eigenvalue weighted by Gasteiger charge is 2.27. The van der Waals surface area contributed by atoms with Crippen LogP contribution in [0.25, 0.3) is 11.1 Å². The van der Waals surface area contributed by atoms with Crippen molar-refractivity contribution in [3.8, 4) is 5.75 Å². The van der Waals surface area contributed by atoms with Gasteiger partial charge in [-0.1, -0.05) is 6.42 Å². The summed E-state index contributed by atoms with van der Waals surface area (Å²) in [6.45, 7) is 0.764. The van der Waals surface area contributed by atoms with Crippen LogP contribution in [-0.2, 0) is 16.6 Å². The summed E-state index contributed by atoms with van der Waals surface area (Å²) >= 11 is 0. The number of ether oxygens (including phenoxy) is 1. The molecular weight excluding hydrogens is 408 g/mol. The summed E-state index contributed by atoms with van der Waals surface area (Å²) in [5, 5.41) is 0. The van der Waals surface area contributed by atoms with Crippen molar-refractivity contribution in [1.82, 2.24) is 8.87 Å². The number of ketones is 1. The number of nitrogens with zero attached hydrogens (tertiary/aromatic N) is 2. The van der Waals surface area contributed by atoms with Gasteiger partial charge in [0.2, 0.25) is 10.0 Å². The van der Waals surface area contributed by atoms with E-state index in [1.807, 2.05) is 0 Å². The molecule has 2 heterocycles. The average molecular weight is 430 g/mol. The molecule has 1 aliphatic heterocycles. The summed E-state index contributed by atoms with van der Waals surface area (Å²) in [4.78, 5) is 25.0. The minimum Gasteiger partial charge on any atom is -0.497 e. The first-order chi connectivity index (χ1) is 14.4. The van der Waals surface area contributed by atoms with Crippen molar-refractivity contribution in [2.24, 2.45) is 0 Å². The zero-order valence-electron chi connectivity index (χ0n) is 16.5. The standard InChI is InChI=1S/C21H22N2O6S/c1-28-16-7-5-15(6-8-16)19(24)14-23-18-10-9-17(13-20(18)29-21(23)25)30(26,27)22-11-3-2-4-12-22/h5-10,13H,2-4,11-12,14H2,1H3. The number of sulfonamides is 1. The molecule has 0 atom stereocenters. The molecule has 2 aromatic carbocycles. The van der Waals surface area contributed by atoms with Gasteiger partial charge in [0, 0.05) is 24.7 Å². The molecule has 30 heavy (non-hydrogen) atoms. The molecule has 1 saturated heterocycles. The lowest BCUT2D eigenvalue weighted by Gasteiger charge is -2.25. The van der Waals surface area contributed by atoms with Crippen LogP contribution in [0.5, 0.6) is 5.75 Å². The van der Waals surface area contributed by atoms with Gasteiger partial charge in [0.25, 0.3) is 0 Å². The Labute approximate surface area is 173 Å². The van der Waals surface area contributed by atoms with Gasteiger partial charge >= 0.3 is 5.76 Å². The van der Waals surface area contributed by atoms with E-state index in [1.54, 1.807) is 24.3 Å². The lowest BCUT2D eigenvalue weighted by molar-refractivity contribution is 0.0970. The number of oxazole rings is 1. The van der Waals surface area contributed by atoms with E-state index in [2.05, 4.69) is 0 Å². The predicted molar refractivity (Wildman–Crippen MR) is 110 cm³/mol. The Morgan fingerprint density at radius 3 is 2.43 bits per heavy atom. The normalized spacial score (nSPS) is 15.4. The molecule has 0 N–H and O–H groups in total. The first kappa shape index (κ1) is 20.4. The maximum absolute atomic E-state index is 12.9. The van der Waals surface area contributed by atoms with Crippen LogP contribution in [0.1, 0.15) is 29.6 Å². The van der Waals surface area contributed by atoms with Crippen molar-refractivity contribution < 1.29 is 22.4 Å². The number of aromatic nitrogens is 1. The predicted octanol–water partition coefficient (Wildman–Crippen LogP) is 2.66. The van der Waals surface area contributed by atoms with Gasteiger partial charge in [-0.05, 0) is 49.2 Å². The zero-order chi connectivity index (χ0) is 21.3. The number of rotatable bonds is 6. The molecule has 0 spiro atoms. The second-order valence-electron chi connectivity index (χ2n) is 7.20. The third-order valence-corrected chi connectivity index (χ3v) is 7.20. The fourth-order valence-corrected chi connectivity index (χ4v) is 5.16. The van der Waals surface area contributed by atoms with Crippen LogP contribution in [0, 0.1) is 0 Å². The molecule has 8 nitrogen and oxygen atoms in total. The van der Waals surface area contributed by atoms with Gasteiger partial charge in [0.15, 0.2) is 11.4 Å². The number of fused-ring (bicyclic) bond motifs is 1. The van der Waals surface area contributed by atoms with E-state index < -0.39 is 15.8 Å². The number of hydrogen-bond donors (Lipinski definition) is 0. The number of carbonyl (C=O) groups excluding carboxylic acids is 1. The SMILES string of the molecule is COc1ccc(C(=O)Cn2c(=O)oc3cc(S(=O)(=O)N4CCCCC4)ccc32)cc1. The second kappa shape index (κ2) is 8.08. The van der Waals surface area contributed by atoms with Gasteiger partial charge in [-0.15, -0.1) is 0 Å².